The van der Waals surface area contributed by atoms with Gasteiger partial charge in [-0.15, -0.1) is 11.3 Å². The first kappa shape index (κ1) is 9.45. The van der Waals surface area contributed by atoms with Crippen molar-refractivity contribution in [1.82, 2.24) is 10.3 Å². The maximum Gasteiger partial charge on any atom is 0.321 e. The Hall–Kier alpha value is -1.10. The molecule has 1 fully saturated rings. The maximum absolute atomic E-state index is 11.3. The molecule has 1 heterocycles. The van der Waals surface area contributed by atoms with E-state index in [1.54, 1.807) is 6.20 Å². The SMILES string of the molecule is O=C(NCC1CCC1)Nc1nccs1. The summed E-state index contributed by atoms with van der Waals surface area (Å²) in [6.07, 6.45) is 5.47. The van der Waals surface area contributed by atoms with Crippen LogP contribution >= 0.6 is 11.3 Å². The van der Waals surface area contributed by atoms with E-state index in [9.17, 15) is 4.79 Å². The van der Waals surface area contributed by atoms with Crippen molar-refractivity contribution in [2.45, 2.75) is 19.3 Å². The highest BCUT2D eigenvalue weighted by molar-refractivity contribution is 7.13. The van der Waals surface area contributed by atoms with Gasteiger partial charge in [0.15, 0.2) is 5.13 Å². The van der Waals surface area contributed by atoms with E-state index in [-0.39, 0.29) is 6.03 Å². The number of thiazole rings is 1. The van der Waals surface area contributed by atoms with Crippen molar-refractivity contribution >= 4 is 22.5 Å². The predicted octanol–water partition coefficient (Wildman–Crippen LogP) is 2.06. The van der Waals surface area contributed by atoms with Gasteiger partial charge in [0.1, 0.15) is 0 Å². The van der Waals surface area contributed by atoms with Gasteiger partial charge in [-0.1, -0.05) is 6.42 Å². The molecule has 0 spiro atoms. The van der Waals surface area contributed by atoms with Crippen LogP contribution in [0.4, 0.5) is 9.93 Å². The number of carbonyl (C=O) groups is 1. The molecule has 1 aliphatic carbocycles. The van der Waals surface area contributed by atoms with Gasteiger partial charge >= 0.3 is 6.03 Å². The number of hydrogen-bond acceptors (Lipinski definition) is 3. The summed E-state index contributed by atoms with van der Waals surface area (Å²) in [6.45, 7) is 0.789. The number of nitrogens with one attached hydrogen (secondary N) is 2. The fourth-order valence-electron chi connectivity index (χ4n) is 1.36. The molecule has 0 aromatic carbocycles. The van der Waals surface area contributed by atoms with E-state index in [2.05, 4.69) is 15.6 Å². The molecule has 14 heavy (non-hydrogen) atoms. The molecule has 0 aliphatic heterocycles. The summed E-state index contributed by atoms with van der Waals surface area (Å²) >= 11 is 1.42. The molecule has 2 amide bonds. The lowest BCUT2D eigenvalue weighted by atomic mass is 9.85. The summed E-state index contributed by atoms with van der Waals surface area (Å²) in [6, 6.07) is -0.146. The second-order valence-corrected chi connectivity index (χ2v) is 4.36. The number of hydrogen-bond donors (Lipinski definition) is 2. The normalized spacial score (nSPS) is 16.0. The number of amides is 2. The van der Waals surface area contributed by atoms with Gasteiger partial charge in [0.05, 0.1) is 0 Å². The zero-order valence-electron chi connectivity index (χ0n) is 7.82. The van der Waals surface area contributed by atoms with Crippen LogP contribution < -0.4 is 10.6 Å². The van der Waals surface area contributed by atoms with Crippen molar-refractivity contribution in [3.63, 3.8) is 0 Å². The average Bonchev–Trinajstić information content (AvgIpc) is 2.54. The molecule has 1 aromatic heterocycles. The fraction of sp³-hybridized carbons (Fsp3) is 0.556. The highest BCUT2D eigenvalue weighted by atomic mass is 32.1. The van der Waals surface area contributed by atoms with E-state index >= 15 is 0 Å². The molecule has 5 heteroatoms. The number of urea groups is 1. The number of nitrogens with zero attached hydrogens (tertiary/aromatic N) is 1. The summed E-state index contributed by atoms with van der Waals surface area (Å²) in [4.78, 5) is 15.3. The van der Waals surface area contributed by atoms with Gasteiger partial charge in [-0.2, -0.15) is 0 Å². The van der Waals surface area contributed by atoms with Gasteiger partial charge in [-0.3, -0.25) is 5.32 Å². The Kier molecular flexibility index (Phi) is 2.98. The van der Waals surface area contributed by atoms with Gasteiger partial charge in [0.2, 0.25) is 0 Å². The standard InChI is InChI=1S/C9H13N3OS/c13-8(11-6-7-2-1-3-7)12-9-10-4-5-14-9/h4-5,7H,1-3,6H2,(H2,10,11,12,13). The van der Waals surface area contributed by atoms with Gasteiger partial charge in [-0.25, -0.2) is 9.78 Å². The van der Waals surface area contributed by atoms with Crippen LogP contribution in [0, 0.1) is 5.92 Å². The van der Waals surface area contributed by atoms with Crippen molar-refractivity contribution in [2.24, 2.45) is 5.92 Å². The molecule has 0 atom stereocenters. The lowest BCUT2D eigenvalue weighted by Crippen LogP contribution is -2.35. The van der Waals surface area contributed by atoms with Crippen molar-refractivity contribution in [2.75, 3.05) is 11.9 Å². The van der Waals surface area contributed by atoms with Crippen LogP contribution in [0.25, 0.3) is 0 Å². The predicted molar refractivity (Wildman–Crippen MR) is 56.5 cm³/mol. The van der Waals surface area contributed by atoms with Gasteiger partial charge in [0.25, 0.3) is 0 Å². The van der Waals surface area contributed by atoms with E-state index in [1.807, 2.05) is 5.38 Å². The second kappa shape index (κ2) is 4.41. The largest absolute Gasteiger partial charge is 0.338 e. The smallest absolute Gasteiger partial charge is 0.321 e. The number of rotatable bonds is 3. The molecule has 0 radical (unpaired) electrons. The second-order valence-electron chi connectivity index (χ2n) is 3.47. The molecular weight excluding hydrogens is 198 g/mol. The average molecular weight is 211 g/mol. The molecule has 2 rings (SSSR count). The van der Waals surface area contributed by atoms with E-state index in [0.29, 0.717) is 11.0 Å². The lowest BCUT2D eigenvalue weighted by molar-refractivity contribution is 0.243. The first-order chi connectivity index (χ1) is 6.84. The van der Waals surface area contributed by atoms with E-state index in [4.69, 9.17) is 0 Å². The third kappa shape index (κ3) is 2.45. The zero-order chi connectivity index (χ0) is 9.80. The molecule has 76 valence electrons. The number of carbonyl (C=O) groups excluding carboxylic acids is 1. The number of aromatic nitrogens is 1. The Morgan fingerprint density at radius 1 is 1.64 bits per heavy atom. The minimum absolute atomic E-state index is 0.146. The number of anilines is 1. The first-order valence-electron chi connectivity index (χ1n) is 4.79. The molecule has 0 saturated heterocycles. The van der Waals surface area contributed by atoms with Crippen LogP contribution in [0.5, 0.6) is 0 Å². The van der Waals surface area contributed by atoms with Crippen LogP contribution in [0.2, 0.25) is 0 Å². The van der Waals surface area contributed by atoms with Crippen LogP contribution in [0.15, 0.2) is 11.6 Å². The Bertz CT molecular complexity index is 295. The maximum atomic E-state index is 11.3. The minimum Gasteiger partial charge on any atom is -0.338 e. The van der Waals surface area contributed by atoms with Crippen molar-refractivity contribution in [3.05, 3.63) is 11.6 Å². The minimum atomic E-state index is -0.146. The quantitative estimate of drug-likeness (QED) is 0.804. The summed E-state index contributed by atoms with van der Waals surface area (Å²) in [5, 5.41) is 8.01. The molecule has 0 unspecified atom stereocenters. The topological polar surface area (TPSA) is 54.0 Å². The molecule has 1 aromatic rings. The van der Waals surface area contributed by atoms with Crippen LogP contribution in [-0.4, -0.2) is 17.6 Å². The van der Waals surface area contributed by atoms with E-state index in [1.165, 1.54) is 30.6 Å². The highest BCUT2D eigenvalue weighted by Gasteiger charge is 2.17. The van der Waals surface area contributed by atoms with Crippen molar-refractivity contribution in [1.29, 1.82) is 0 Å². The Morgan fingerprint density at radius 3 is 3.07 bits per heavy atom. The molecule has 4 nitrogen and oxygen atoms in total. The third-order valence-corrected chi connectivity index (χ3v) is 3.12. The van der Waals surface area contributed by atoms with Gasteiger partial charge in [-0.05, 0) is 18.8 Å². The summed E-state index contributed by atoms with van der Waals surface area (Å²) in [7, 11) is 0. The van der Waals surface area contributed by atoms with Crippen LogP contribution in [0.3, 0.4) is 0 Å². The molecule has 1 saturated carbocycles. The van der Waals surface area contributed by atoms with Crippen molar-refractivity contribution < 1.29 is 4.79 Å². The Labute approximate surface area is 86.7 Å². The first-order valence-corrected chi connectivity index (χ1v) is 5.67. The summed E-state index contributed by atoms with van der Waals surface area (Å²) in [5.41, 5.74) is 0. The van der Waals surface area contributed by atoms with Gasteiger partial charge < -0.3 is 5.32 Å². The summed E-state index contributed by atoms with van der Waals surface area (Å²) in [5.74, 6) is 0.692. The lowest BCUT2D eigenvalue weighted by Gasteiger charge is -2.25. The Balaban J connectivity index is 1.68. The Morgan fingerprint density at radius 2 is 2.50 bits per heavy atom. The molecule has 2 N–H and O–H groups in total. The molecule has 1 aliphatic rings. The fourth-order valence-corrected chi connectivity index (χ4v) is 1.88. The van der Waals surface area contributed by atoms with Crippen LogP contribution in [-0.2, 0) is 0 Å². The van der Waals surface area contributed by atoms with E-state index < -0.39 is 0 Å². The van der Waals surface area contributed by atoms with Crippen LogP contribution in [0.1, 0.15) is 19.3 Å². The monoisotopic (exact) mass is 211 g/mol. The highest BCUT2D eigenvalue weighted by Crippen LogP contribution is 2.25. The zero-order valence-corrected chi connectivity index (χ0v) is 8.64. The molecule has 0 bridgehead atoms. The van der Waals surface area contributed by atoms with E-state index in [0.717, 1.165) is 6.54 Å². The van der Waals surface area contributed by atoms with Gasteiger partial charge in [0, 0.05) is 18.1 Å². The van der Waals surface area contributed by atoms with Crippen molar-refractivity contribution in [3.8, 4) is 0 Å². The third-order valence-electron chi connectivity index (χ3n) is 2.43. The molecular formula is C9H13N3OS. The summed E-state index contributed by atoms with van der Waals surface area (Å²) < 4.78 is 0.